The summed E-state index contributed by atoms with van der Waals surface area (Å²) in [4.78, 5) is 25.7. The number of aliphatic hydroxyl groups excluding tert-OH is 1. The largest absolute Gasteiger partial charge is 0.393 e. The number of amides is 1. The van der Waals surface area contributed by atoms with Crippen molar-refractivity contribution in [3.05, 3.63) is 60.2 Å². The van der Waals surface area contributed by atoms with Crippen LogP contribution in [0.2, 0.25) is 0 Å². The molecule has 1 amide bonds. The van der Waals surface area contributed by atoms with Crippen LogP contribution in [0.15, 0.2) is 59.5 Å². The predicted octanol–water partition coefficient (Wildman–Crippen LogP) is 1.94. The Morgan fingerprint density at radius 1 is 1.12 bits per heavy atom. The van der Waals surface area contributed by atoms with Crippen molar-refractivity contribution in [3.63, 3.8) is 0 Å². The second-order valence-corrected chi connectivity index (χ2v) is 6.85. The van der Waals surface area contributed by atoms with Gasteiger partial charge in [0.2, 0.25) is 5.91 Å². The van der Waals surface area contributed by atoms with Gasteiger partial charge in [-0.2, -0.15) is 0 Å². The second-order valence-electron chi connectivity index (χ2n) is 5.60. The number of carbonyl (C=O) groups excluding carboxylic acids is 2. The highest BCUT2D eigenvalue weighted by molar-refractivity contribution is 8.01. The van der Waals surface area contributed by atoms with Crippen LogP contribution >= 0.6 is 11.8 Å². The van der Waals surface area contributed by atoms with Crippen LogP contribution in [-0.4, -0.2) is 33.8 Å². The van der Waals surface area contributed by atoms with Gasteiger partial charge in [-0.15, -0.1) is 11.8 Å². The van der Waals surface area contributed by atoms with Crippen LogP contribution in [-0.2, 0) is 15.2 Å². The van der Waals surface area contributed by atoms with Crippen LogP contribution in [0.3, 0.4) is 0 Å². The van der Waals surface area contributed by atoms with Gasteiger partial charge < -0.3 is 15.5 Å². The maximum atomic E-state index is 12.6. The van der Waals surface area contributed by atoms with Crippen molar-refractivity contribution in [2.45, 2.75) is 22.2 Å². The molecule has 0 saturated carbocycles. The van der Waals surface area contributed by atoms with Gasteiger partial charge in [-0.25, -0.2) is 0 Å². The summed E-state index contributed by atoms with van der Waals surface area (Å²) in [7, 11) is 0. The summed E-state index contributed by atoms with van der Waals surface area (Å²) in [6, 6.07) is 15.6. The number of ketones is 1. The molecule has 0 fully saturated rings. The lowest BCUT2D eigenvalue weighted by atomic mass is 9.88. The van der Waals surface area contributed by atoms with Crippen LogP contribution in [0.1, 0.15) is 12.0 Å². The van der Waals surface area contributed by atoms with E-state index >= 15 is 0 Å². The number of aliphatic hydroxyl groups is 2. The molecule has 0 spiro atoms. The summed E-state index contributed by atoms with van der Waals surface area (Å²) in [6.45, 7) is -0.731. The maximum Gasteiger partial charge on any atom is 0.238 e. The average Bonchev–Trinajstić information content (AvgIpc) is 2.62. The third kappa shape index (κ3) is 3.08. The first-order valence-corrected chi connectivity index (χ1v) is 8.41. The van der Waals surface area contributed by atoms with Gasteiger partial charge in [0.25, 0.3) is 0 Å². The molecule has 0 aliphatic carbocycles. The molecule has 3 rings (SSSR count). The van der Waals surface area contributed by atoms with Crippen molar-refractivity contribution >= 4 is 29.1 Å². The zero-order valence-electron chi connectivity index (χ0n) is 12.8. The van der Waals surface area contributed by atoms with E-state index in [1.807, 2.05) is 18.2 Å². The second kappa shape index (κ2) is 6.76. The van der Waals surface area contributed by atoms with Crippen molar-refractivity contribution in [3.8, 4) is 0 Å². The molecule has 5 nitrogen and oxygen atoms in total. The lowest BCUT2D eigenvalue weighted by molar-refractivity contribution is -0.143. The summed E-state index contributed by atoms with van der Waals surface area (Å²) in [6.07, 6.45) is -0.170. The fraction of sp³-hybridized carbons (Fsp3) is 0.222. The first kappa shape index (κ1) is 16.7. The highest BCUT2D eigenvalue weighted by atomic mass is 32.2. The molecule has 1 heterocycles. The van der Waals surface area contributed by atoms with E-state index in [-0.39, 0.29) is 12.3 Å². The Kier molecular flexibility index (Phi) is 4.71. The molecule has 2 atom stereocenters. The molecule has 0 bridgehead atoms. The third-order valence-electron chi connectivity index (χ3n) is 4.02. The highest BCUT2D eigenvalue weighted by Crippen LogP contribution is 2.38. The maximum absolute atomic E-state index is 12.6. The molecule has 1 aliphatic rings. The number of Topliss-reactive ketones (excluding diaryl/α,β-unsaturated/α-hetero) is 1. The number of rotatable bonds is 5. The van der Waals surface area contributed by atoms with Gasteiger partial charge in [0.1, 0.15) is 0 Å². The number of hydrogen-bond donors (Lipinski definition) is 3. The molecule has 6 heteroatoms. The topological polar surface area (TPSA) is 86.6 Å². The number of nitrogens with one attached hydrogen (secondary N) is 1. The Balaban J connectivity index is 1.80. The van der Waals surface area contributed by atoms with Crippen LogP contribution < -0.4 is 5.32 Å². The highest BCUT2D eigenvalue weighted by Gasteiger charge is 2.40. The van der Waals surface area contributed by atoms with Crippen LogP contribution in [0.25, 0.3) is 0 Å². The number of hydrogen-bond acceptors (Lipinski definition) is 5. The minimum absolute atomic E-state index is 0.170. The molecular weight excluding hydrogens is 326 g/mol. The Morgan fingerprint density at radius 3 is 2.50 bits per heavy atom. The molecule has 0 aromatic heterocycles. The van der Waals surface area contributed by atoms with E-state index in [1.165, 1.54) is 11.8 Å². The van der Waals surface area contributed by atoms with E-state index in [0.29, 0.717) is 5.56 Å². The number of thioether (sulfide) groups is 1. The van der Waals surface area contributed by atoms with Crippen LogP contribution in [0.5, 0.6) is 0 Å². The molecule has 124 valence electrons. The van der Waals surface area contributed by atoms with E-state index in [2.05, 4.69) is 5.32 Å². The van der Waals surface area contributed by atoms with Crippen molar-refractivity contribution in [2.75, 3.05) is 11.9 Å². The summed E-state index contributed by atoms with van der Waals surface area (Å²) in [5, 5.41) is 22.3. The minimum Gasteiger partial charge on any atom is -0.393 e. The van der Waals surface area contributed by atoms with Crippen LogP contribution in [0, 0.1) is 0 Å². The smallest absolute Gasteiger partial charge is 0.238 e. The monoisotopic (exact) mass is 343 g/mol. The predicted molar refractivity (Wildman–Crippen MR) is 91.8 cm³/mol. The number of anilines is 1. The molecule has 2 aromatic rings. The summed E-state index contributed by atoms with van der Waals surface area (Å²) in [5.41, 5.74) is -0.963. The fourth-order valence-electron chi connectivity index (χ4n) is 2.62. The molecule has 0 saturated heterocycles. The Hall–Kier alpha value is -2.15. The molecule has 0 radical (unpaired) electrons. The average molecular weight is 343 g/mol. The first-order valence-electron chi connectivity index (χ1n) is 7.53. The summed E-state index contributed by atoms with van der Waals surface area (Å²) >= 11 is 1.29. The number of para-hydroxylation sites is 1. The zero-order valence-corrected chi connectivity index (χ0v) is 13.6. The zero-order chi connectivity index (χ0) is 17.2. The molecule has 2 unspecified atom stereocenters. The van der Waals surface area contributed by atoms with E-state index in [4.69, 9.17) is 0 Å². The fourth-order valence-corrected chi connectivity index (χ4v) is 3.73. The Morgan fingerprint density at radius 2 is 1.79 bits per heavy atom. The normalized spacial score (nSPS) is 19.1. The van der Waals surface area contributed by atoms with E-state index in [0.717, 1.165) is 10.6 Å². The van der Waals surface area contributed by atoms with E-state index in [9.17, 15) is 19.8 Å². The third-order valence-corrected chi connectivity index (χ3v) is 5.29. The first-order chi connectivity index (χ1) is 11.5. The van der Waals surface area contributed by atoms with Gasteiger partial charge in [0.05, 0.1) is 17.5 Å². The van der Waals surface area contributed by atoms with E-state index in [1.54, 1.807) is 36.4 Å². The minimum atomic E-state index is -2.00. The molecule has 3 N–H and O–H groups in total. The van der Waals surface area contributed by atoms with Crippen molar-refractivity contribution in [1.29, 1.82) is 0 Å². The lowest BCUT2D eigenvalue weighted by Crippen LogP contribution is -2.42. The Bertz CT molecular complexity index is 765. The van der Waals surface area contributed by atoms with Gasteiger partial charge in [-0.05, 0) is 17.7 Å². The molecule has 1 aliphatic heterocycles. The van der Waals surface area contributed by atoms with Gasteiger partial charge >= 0.3 is 0 Å². The lowest BCUT2D eigenvalue weighted by Gasteiger charge is -2.28. The van der Waals surface area contributed by atoms with Gasteiger partial charge in [0, 0.05) is 11.3 Å². The molecule has 24 heavy (non-hydrogen) atoms. The van der Waals surface area contributed by atoms with Gasteiger partial charge in [-0.1, -0.05) is 42.5 Å². The standard InChI is InChI=1S/C18H17NO4S/c20-11-18(23,12-6-2-1-3-7-12)16(21)10-15-17(22)19-13-8-4-5-9-14(13)24-15/h1-9,15,20,23H,10-11H2,(H,19,22). The number of carbonyl (C=O) groups is 2. The van der Waals surface area contributed by atoms with E-state index < -0.39 is 23.2 Å². The molecular formula is C18H17NO4S. The quantitative estimate of drug-likeness (QED) is 0.772. The Labute approximate surface area is 143 Å². The summed E-state index contributed by atoms with van der Waals surface area (Å²) < 4.78 is 0. The van der Waals surface area contributed by atoms with Crippen molar-refractivity contribution in [2.24, 2.45) is 0 Å². The van der Waals surface area contributed by atoms with Crippen molar-refractivity contribution < 1.29 is 19.8 Å². The number of fused-ring (bicyclic) bond motifs is 1. The summed E-state index contributed by atoms with van der Waals surface area (Å²) in [5.74, 6) is -0.858. The van der Waals surface area contributed by atoms with Gasteiger partial charge in [0.15, 0.2) is 11.4 Å². The van der Waals surface area contributed by atoms with Crippen LogP contribution in [0.4, 0.5) is 5.69 Å². The van der Waals surface area contributed by atoms with Gasteiger partial charge in [-0.3, -0.25) is 9.59 Å². The number of benzene rings is 2. The van der Waals surface area contributed by atoms with Crippen molar-refractivity contribution in [1.82, 2.24) is 0 Å². The molecule has 2 aromatic carbocycles. The SMILES string of the molecule is O=C1Nc2ccccc2SC1CC(=O)C(O)(CO)c1ccccc1.